The normalized spacial score (nSPS) is 11.8. The van der Waals surface area contributed by atoms with Gasteiger partial charge in [0.15, 0.2) is 12.4 Å². The second kappa shape index (κ2) is 6.61. The highest BCUT2D eigenvalue weighted by atomic mass is 35.5. The van der Waals surface area contributed by atoms with Crippen molar-refractivity contribution in [1.82, 2.24) is 0 Å². The molecule has 1 aromatic rings. The van der Waals surface area contributed by atoms with E-state index in [1.807, 2.05) is 0 Å². The van der Waals surface area contributed by atoms with Gasteiger partial charge in [0.2, 0.25) is 0 Å². The fourth-order valence-electron chi connectivity index (χ4n) is 1.23. The van der Waals surface area contributed by atoms with Crippen LogP contribution >= 0.6 is 23.2 Å². The monoisotopic (exact) mass is 290 g/mol. The Labute approximate surface area is 115 Å². The zero-order chi connectivity index (χ0) is 13.7. The van der Waals surface area contributed by atoms with E-state index in [4.69, 9.17) is 32.7 Å². The summed E-state index contributed by atoms with van der Waals surface area (Å²) in [6.45, 7) is 3.51. The lowest BCUT2D eigenvalue weighted by Crippen LogP contribution is -2.26. The summed E-state index contributed by atoms with van der Waals surface area (Å²) >= 11 is 11.8. The summed E-state index contributed by atoms with van der Waals surface area (Å²) < 4.78 is 10.1. The molecule has 0 aliphatic rings. The SMILES string of the molecule is CCOC(=O)C(C)Oc1ccc(C=O)c(Cl)c1Cl. The largest absolute Gasteiger partial charge is 0.477 e. The van der Waals surface area contributed by atoms with Crippen LogP contribution in [0.25, 0.3) is 0 Å². The molecule has 0 N–H and O–H groups in total. The zero-order valence-corrected chi connectivity index (χ0v) is 11.4. The molecule has 98 valence electrons. The quantitative estimate of drug-likeness (QED) is 0.617. The van der Waals surface area contributed by atoms with Gasteiger partial charge in [0.1, 0.15) is 10.8 Å². The molecule has 0 heterocycles. The molecule has 0 fully saturated rings. The Bertz CT molecular complexity index is 460. The molecule has 1 rings (SSSR count). The van der Waals surface area contributed by atoms with E-state index in [-0.39, 0.29) is 28.0 Å². The van der Waals surface area contributed by atoms with Crippen LogP contribution in [-0.2, 0) is 9.53 Å². The predicted octanol–water partition coefficient (Wildman–Crippen LogP) is 3.14. The van der Waals surface area contributed by atoms with Crippen molar-refractivity contribution >= 4 is 35.5 Å². The number of benzene rings is 1. The average Bonchev–Trinajstić information content (AvgIpc) is 2.35. The molecule has 1 unspecified atom stereocenters. The third-order valence-electron chi connectivity index (χ3n) is 2.13. The number of halogens is 2. The third kappa shape index (κ3) is 3.37. The molecule has 18 heavy (non-hydrogen) atoms. The van der Waals surface area contributed by atoms with Crippen molar-refractivity contribution in [3.63, 3.8) is 0 Å². The second-order valence-corrected chi connectivity index (χ2v) is 4.17. The summed E-state index contributed by atoms with van der Waals surface area (Å²) in [6, 6.07) is 2.95. The van der Waals surface area contributed by atoms with Gasteiger partial charge in [0.25, 0.3) is 0 Å². The first kappa shape index (κ1) is 14.8. The van der Waals surface area contributed by atoms with Crippen LogP contribution in [0.5, 0.6) is 5.75 Å². The van der Waals surface area contributed by atoms with E-state index >= 15 is 0 Å². The minimum absolute atomic E-state index is 0.0948. The standard InChI is InChI=1S/C12H12Cl2O4/c1-3-17-12(16)7(2)18-9-5-4-8(6-15)10(13)11(9)14/h4-7H,3H2,1-2H3. The van der Waals surface area contributed by atoms with E-state index in [1.54, 1.807) is 6.92 Å². The van der Waals surface area contributed by atoms with Crippen LogP contribution < -0.4 is 4.74 Å². The van der Waals surface area contributed by atoms with Gasteiger partial charge in [-0.1, -0.05) is 23.2 Å². The van der Waals surface area contributed by atoms with E-state index in [0.29, 0.717) is 6.29 Å². The summed E-state index contributed by atoms with van der Waals surface area (Å²) in [5, 5.41) is 0.192. The van der Waals surface area contributed by atoms with Crippen molar-refractivity contribution in [1.29, 1.82) is 0 Å². The molecule has 0 aromatic heterocycles. The fraction of sp³-hybridized carbons (Fsp3) is 0.333. The molecule has 0 bridgehead atoms. The number of rotatable bonds is 5. The van der Waals surface area contributed by atoms with Crippen LogP contribution in [-0.4, -0.2) is 25.0 Å². The smallest absolute Gasteiger partial charge is 0.347 e. The Morgan fingerprint density at radius 2 is 2.06 bits per heavy atom. The van der Waals surface area contributed by atoms with Gasteiger partial charge < -0.3 is 9.47 Å². The molecule has 4 nitrogen and oxygen atoms in total. The number of hydrogen-bond donors (Lipinski definition) is 0. The molecular weight excluding hydrogens is 279 g/mol. The first-order valence-electron chi connectivity index (χ1n) is 5.27. The molecule has 0 aliphatic heterocycles. The number of ether oxygens (including phenoxy) is 2. The van der Waals surface area contributed by atoms with Crippen LogP contribution in [0.2, 0.25) is 10.0 Å². The number of carbonyl (C=O) groups excluding carboxylic acids is 2. The van der Waals surface area contributed by atoms with Crippen LogP contribution in [0, 0.1) is 0 Å². The van der Waals surface area contributed by atoms with Crippen LogP contribution in [0.3, 0.4) is 0 Å². The van der Waals surface area contributed by atoms with Crippen molar-refractivity contribution < 1.29 is 19.1 Å². The molecule has 6 heteroatoms. The summed E-state index contributed by atoms with van der Waals surface area (Å²) in [5.74, 6) is -0.267. The number of esters is 1. The first-order chi connectivity index (χ1) is 8.51. The Kier molecular flexibility index (Phi) is 5.44. The van der Waals surface area contributed by atoms with E-state index in [9.17, 15) is 9.59 Å². The number of hydrogen-bond acceptors (Lipinski definition) is 4. The van der Waals surface area contributed by atoms with Gasteiger partial charge in [0, 0.05) is 5.56 Å². The summed E-state index contributed by atoms with van der Waals surface area (Å²) in [5.41, 5.74) is 0.262. The van der Waals surface area contributed by atoms with E-state index < -0.39 is 12.1 Å². The van der Waals surface area contributed by atoms with Gasteiger partial charge in [-0.05, 0) is 26.0 Å². The lowest BCUT2D eigenvalue weighted by Gasteiger charge is -2.15. The predicted molar refractivity (Wildman–Crippen MR) is 68.6 cm³/mol. The van der Waals surface area contributed by atoms with Gasteiger partial charge in [-0.25, -0.2) is 4.79 Å². The Morgan fingerprint density at radius 1 is 1.39 bits per heavy atom. The molecular formula is C12H12Cl2O4. The molecule has 0 radical (unpaired) electrons. The maximum absolute atomic E-state index is 11.4. The summed E-state index contributed by atoms with van der Waals surface area (Å²) in [4.78, 5) is 22.0. The Morgan fingerprint density at radius 3 is 2.61 bits per heavy atom. The van der Waals surface area contributed by atoms with Crippen molar-refractivity contribution in [2.24, 2.45) is 0 Å². The first-order valence-corrected chi connectivity index (χ1v) is 6.03. The van der Waals surface area contributed by atoms with Crippen molar-refractivity contribution in [2.75, 3.05) is 6.61 Å². The van der Waals surface area contributed by atoms with E-state index in [0.717, 1.165) is 0 Å². The molecule has 0 saturated carbocycles. The van der Waals surface area contributed by atoms with Crippen molar-refractivity contribution in [3.8, 4) is 5.75 Å². The summed E-state index contributed by atoms with van der Waals surface area (Å²) in [7, 11) is 0. The van der Waals surface area contributed by atoms with Crippen LogP contribution in [0.15, 0.2) is 12.1 Å². The molecule has 1 atom stereocenters. The highest BCUT2D eigenvalue weighted by molar-refractivity contribution is 6.44. The third-order valence-corrected chi connectivity index (χ3v) is 3.01. The zero-order valence-electron chi connectivity index (χ0n) is 9.91. The number of aldehydes is 1. The molecule has 0 saturated heterocycles. The topological polar surface area (TPSA) is 52.6 Å². The highest BCUT2D eigenvalue weighted by Crippen LogP contribution is 2.34. The average molecular weight is 291 g/mol. The summed E-state index contributed by atoms with van der Waals surface area (Å²) in [6.07, 6.45) is -0.215. The lowest BCUT2D eigenvalue weighted by molar-refractivity contribution is -0.150. The van der Waals surface area contributed by atoms with E-state index in [2.05, 4.69) is 0 Å². The van der Waals surface area contributed by atoms with Gasteiger partial charge in [-0.15, -0.1) is 0 Å². The van der Waals surface area contributed by atoms with Gasteiger partial charge in [-0.3, -0.25) is 4.79 Å². The lowest BCUT2D eigenvalue weighted by atomic mass is 10.2. The van der Waals surface area contributed by atoms with Gasteiger partial charge >= 0.3 is 5.97 Å². The molecule has 0 aliphatic carbocycles. The number of carbonyl (C=O) groups is 2. The van der Waals surface area contributed by atoms with Crippen LogP contribution in [0.4, 0.5) is 0 Å². The Hall–Kier alpha value is -1.26. The maximum Gasteiger partial charge on any atom is 0.347 e. The highest BCUT2D eigenvalue weighted by Gasteiger charge is 2.19. The van der Waals surface area contributed by atoms with Crippen molar-refractivity contribution in [2.45, 2.75) is 20.0 Å². The Balaban J connectivity index is 2.89. The molecule has 1 aromatic carbocycles. The van der Waals surface area contributed by atoms with Crippen molar-refractivity contribution in [3.05, 3.63) is 27.7 Å². The second-order valence-electron chi connectivity index (χ2n) is 3.41. The minimum Gasteiger partial charge on any atom is -0.477 e. The van der Waals surface area contributed by atoms with E-state index in [1.165, 1.54) is 19.1 Å². The van der Waals surface area contributed by atoms with Gasteiger partial charge in [0.05, 0.1) is 11.6 Å². The fourth-order valence-corrected chi connectivity index (χ4v) is 1.64. The van der Waals surface area contributed by atoms with Crippen LogP contribution in [0.1, 0.15) is 24.2 Å². The molecule has 0 spiro atoms. The minimum atomic E-state index is -0.805. The molecule has 0 amide bonds. The maximum atomic E-state index is 11.4. The van der Waals surface area contributed by atoms with Gasteiger partial charge in [-0.2, -0.15) is 0 Å².